The topological polar surface area (TPSA) is 30.4 Å². The molecule has 0 spiro atoms. The van der Waals surface area contributed by atoms with E-state index in [0.29, 0.717) is 0 Å². The third kappa shape index (κ3) is 4.94. The number of hydrogen-bond acceptors (Lipinski definition) is 2. The summed E-state index contributed by atoms with van der Waals surface area (Å²) in [5.41, 5.74) is 17.1. The number of aliphatic imine (C=N–C) groups is 1. The SMILES string of the molecule is CC1C/C=C(c2ccccc2)/C=C(/c2cccc(-n3c4ccccc4c4ccc5c(c43)-c3cc4c(cc3C5(C)C)oc3ccccc34)c2)N=C1c1ccccc1. The number of para-hydroxylation sites is 2. The highest BCUT2D eigenvalue weighted by Crippen LogP contribution is 2.54. The minimum atomic E-state index is -0.210. The number of hydrogen-bond donors (Lipinski definition) is 0. The molecule has 3 heterocycles. The first-order valence-corrected chi connectivity index (χ1v) is 19.7. The van der Waals surface area contributed by atoms with Crippen molar-refractivity contribution in [3.05, 3.63) is 198 Å². The predicted octanol–water partition coefficient (Wildman–Crippen LogP) is 13.9. The van der Waals surface area contributed by atoms with Gasteiger partial charge in [0.1, 0.15) is 11.2 Å². The summed E-state index contributed by atoms with van der Waals surface area (Å²) in [4.78, 5) is 5.55. The Morgan fingerprint density at radius 1 is 0.607 bits per heavy atom. The molecule has 2 aromatic heterocycles. The fourth-order valence-corrected chi connectivity index (χ4v) is 9.40. The van der Waals surface area contributed by atoms with Gasteiger partial charge in [0, 0.05) is 49.7 Å². The molecule has 1 atom stereocenters. The maximum absolute atomic E-state index is 6.44. The molecule has 1 aliphatic heterocycles. The van der Waals surface area contributed by atoms with E-state index in [0.717, 1.165) is 56.6 Å². The molecule has 11 rings (SSSR count). The molecule has 0 N–H and O–H groups in total. The van der Waals surface area contributed by atoms with Gasteiger partial charge in [-0.25, -0.2) is 0 Å². The summed E-state index contributed by atoms with van der Waals surface area (Å²) < 4.78 is 8.94. The zero-order valence-electron chi connectivity index (χ0n) is 31.8. The fourth-order valence-electron chi connectivity index (χ4n) is 9.40. The van der Waals surface area contributed by atoms with Crippen LogP contribution in [0.15, 0.2) is 179 Å². The standard InChI is InChI=1S/C53H40N2O/c1-33-25-26-36(34-15-6-4-7-16-34)30-46(54-51(33)35-17-8-5-9-18-35)37-19-14-20-38(29-37)55-47-23-12-10-21-39(47)41-27-28-44-50(52(41)55)43-31-42-40-22-11-13-24-48(40)56-49(42)32-45(43)53(44,2)3/h4-24,26-33H,25H2,1-3H3/b36-26-,46-30-,54-51?. The van der Waals surface area contributed by atoms with Crippen molar-refractivity contribution in [1.29, 1.82) is 0 Å². The molecular formula is C53H40N2O. The van der Waals surface area contributed by atoms with Crippen LogP contribution in [0.4, 0.5) is 0 Å². The molecule has 56 heavy (non-hydrogen) atoms. The summed E-state index contributed by atoms with van der Waals surface area (Å²) in [6.07, 6.45) is 5.58. The Morgan fingerprint density at radius 3 is 2.14 bits per heavy atom. The van der Waals surface area contributed by atoms with Crippen LogP contribution in [0.5, 0.6) is 0 Å². The summed E-state index contributed by atoms with van der Waals surface area (Å²) in [6, 6.07) is 57.0. The van der Waals surface area contributed by atoms with Gasteiger partial charge in [-0.1, -0.05) is 148 Å². The van der Waals surface area contributed by atoms with Crippen LogP contribution >= 0.6 is 0 Å². The predicted molar refractivity (Wildman–Crippen MR) is 235 cm³/mol. The molecule has 1 unspecified atom stereocenters. The van der Waals surface area contributed by atoms with Crippen LogP contribution in [0, 0.1) is 5.92 Å². The Balaban J connectivity index is 1.17. The second-order valence-electron chi connectivity index (χ2n) is 16.0. The molecule has 0 saturated carbocycles. The van der Waals surface area contributed by atoms with E-state index < -0.39 is 0 Å². The monoisotopic (exact) mass is 720 g/mol. The van der Waals surface area contributed by atoms with E-state index in [9.17, 15) is 0 Å². The zero-order chi connectivity index (χ0) is 37.5. The van der Waals surface area contributed by atoms with Crippen molar-refractivity contribution in [2.24, 2.45) is 10.9 Å². The van der Waals surface area contributed by atoms with E-state index in [2.05, 4.69) is 189 Å². The van der Waals surface area contributed by atoms with Crippen molar-refractivity contribution in [3.8, 4) is 16.8 Å². The van der Waals surface area contributed by atoms with Gasteiger partial charge in [-0.05, 0) is 82.3 Å². The van der Waals surface area contributed by atoms with Crippen molar-refractivity contribution >= 4 is 60.7 Å². The molecule has 3 heteroatoms. The number of allylic oxidation sites excluding steroid dienone is 3. The number of fused-ring (bicyclic) bond motifs is 10. The van der Waals surface area contributed by atoms with E-state index in [-0.39, 0.29) is 11.3 Å². The molecule has 0 saturated heterocycles. The summed E-state index contributed by atoms with van der Waals surface area (Å²) in [5, 5.41) is 4.81. The highest BCUT2D eigenvalue weighted by Gasteiger charge is 2.38. The normalized spacial score (nSPS) is 18.2. The summed E-state index contributed by atoms with van der Waals surface area (Å²) >= 11 is 0. The number of furan rings is 1. The molecule has 1 aliphatic carbocycles. The van der Waals surface area contributed by atoms with E-state index in [1.54, 1.807) is 0 Å². The quantitative estimate of drug-likeness (QED) is 0.178. The Bertz CT molecular complexity index is 3130. The zero-order valence-corrected chi connectivity index (χ0v) is 31.8. The molecule has 9 aromatic rings. The second-order valence-corrected chi connectivity index (χ2v) is 16.0. The summed E-state index contributed by atoms with van der Waals surface area (Å²) in [5.74, 6) is 0.241. The molecule has 3 nitrogen and oxygen atoms in total. The minimum absolute atomic E-state index is 0.210. The Kier molecular flexibility index (Phi) is 7.25. The van der Waals surface area contributed by atoms with Crippen LogP contribution in [-0.4, -0.2) is 10.3 Å². The van der Waals surface area contributed by atoms with Crippen molar-refractivity contribution in [2.75, 3.05) is 0 Å². The molecule has 0 bridgehead atoms. The van der Waals surface area contributed by atoms with E-state index in [1.165, 1.54) is 55.2 Å². The molecule has 7 aromatic carbocycles. The van der Waals surface area contributed by atoms with Crippen LogP contribution < -0.4 is 0 Å². The lowest BCUT2D eigenvalue weighted by Gasteiger charge is -2.21. The van der Waals surface area contributed by atoms with Crippen molar-refractivity contribution < 1.29 is 4.42 Å². The highest BCUT2D eigenvalue weighted by molar-refractivity contribution is 6.17. The second kappa shape index (κ2) is 12.4. The van der Waals surface area contributed by atoms with E-state index in [1.807, 2.05) is 6.07 Å². The number of rotatable bonds is 4. The number of aromatic nitrogens is 1. The van der Waals surface area contributed by atoms with Gasteiger partial charge in [-0.3, -0.25) is 4.99 Å². The first-order valence-electron chi connectivity index (χ1n) is 19.7. The maximum atomic E-state index is 6.44. The van der Waals surface area contributed by atoms with Crippen LogP contribution in [0.1, 0.15) is 55.0 Å². The number of benzene rings is 7. The van der Waals surface area contributed by atoms with Gasteiger partial charge >= 0.3 is 0 Å². The summed E-state index contributed by atoms with van der Waals surface area (Å²) in [7, 11) is 0. The van der Waals surface area contributed by atoms with Crippen molar-refractivity contribution in [2.45, 2.75) is 32.6 Å². The van der Waals surface area contributed by atoms with E-state index >= 15 is 0 Å². The summed E-state index contributed by atoms with van der Waals surface area (Å²) in [6.45, 7) is 7.00. The molecule has 2 aliphatic rings. The van der Waals surface area contributed by atoms with Crippen molar-refractivity contribution in [1.82, 2.24) is 4.57 Å². The Labute approximate surface area is 326 Å². The van der Waals surface area contributed by atoms with Gasteiger partial charge in [0.2, 0.25) is 0 Å². The molecular weight excluding hydrogens is 681 g/mol. The molecule has 0 amide bonds. The fraction of sp³-hybridized carbons (Fsp3) is 0.113. The molecule has 0 fully saturated rings. The van der Waals surface area contributed by atoms with Gasteiger partial charge in [-0.2, -0.15) is 0 Å². The van der Waals surface area contributed by atoms with Gasteiger partial charge < -0.3 is 8.98 Å². The lowest BCUT2D eigenvalue weighted by molar-refractivity contribution is 0.647. The van der Waals surface area contributed by atoms with Crippen LogP contribution in [0.2, 0.25) is 0 Å². The van der Waals surface area contributed by atoms with Crippen molar-refractivity contribution in [3.63, 3.8) is 0 Å². The van der Waals surface area contributed by atoms with E-state index in [4.69, 9.17) is 9.41 Å². The van der Waals surface area contributed by atoms with Crippen LogP contribution in [0.3, 0.4) is 0 Å². The van der Waals surface area contributed by atoms with Gasteiger partial charge in [0.25, 0.3) is 0 Å². The minimum Gasteiger partial charge on any atom is -0.456 e. The largest absolute Gasteiger partial charge is 0.456 e. The first kappa shape index (κ1) is 32.7. The molecule has 268 valence electrons. The van der Waals surface area contributed by atoms with Gasteiger partial charge in [0.15, 0.2) is 0 Å². The first-order chi connectivity index (χ1) is 27.4. The third-order valence-corrected chi connectivity index (χ3v) is 12.2. The van der Waals surface area contributed by atoms with Crippen LogP contribution in [-0.2, 0) is 5.41 Å². The Hall–Kier alpha value is -6.71. The average Bonchev–Trinajstić information content (AvgIpc) is 3.84. The number of nitrogens with zero attached hydrogens (tertiary/aromatic N) is 2. The maximum Gasteiger partial charge on any atom is 0.135 e. The van der Waals surface area contributed by atoms with Crippen LogP contribution in [0.25, 0.3) is 71.8 Å². The lowest BCUT2D eigenvalue weighted by Crippen LogP contribution is -2.14. The highest BCUT2D eigenvalue weighted by atomic mass is 16.3. The third-order valence-electron chi connectivity index (χ3n) is 12.2. The smallest absolute Gasteiger partial charge is 0.135 e. The molecule has 0 radical (unpaired) electrons. The average molecular weight is 721 g/mol. The van der Waals surface area contributed by atoms with Gasteiger partial charge in [-0.15, -0.1) is 0 Å². The lowest BCUT2D eigenvalue weighted by atomic mass is 9.82. The van der Waals surface area contributed by atoms with Gasteiger partial charge in [0.05, 0.1) is 22.4 Å². The Morgan fingerprint density at radius 2 is 1.32 bits per heavy atom.